The van der Waals surface area contributed by atoms with Crippen LogP contribution in [0.5, 0.6) is 0 Å². The van der Waals surface area contributed by atoms with Crippen LogP contribution in [-0.4, -0.2) is 50.5 Å². The smallest absolute Gasteiger partial charge is 0.478 e. The lowest BCUT2D eigenvalue weighted by molar-refractivity contribution is -0.192. The Balaban J connectivity index is 0.000000587. The molecule has 4 rings (SSSR count). The molecule has 1 amide bonds. The number of amides is 1. The summed E-state index contributed by atoms with van der Waals surface area (Å²) < 4.78 is 31.7. The Hall–Kier alpha value is -3.69. The van der Waals surface area contributed by atoms with Crippen LogP contribution in [0.15, 0.2) is 53.5 Å². The summed E-state index contributed by atoms with van der Waals surface area (Å²) in [6.45, 7) is 4.70. The number of aromatic carboxylic acids is 1. The number of halogens is 3. The van der Waals surface area contributed by atoms with E-state index in [0.29, 0.717) is 18.0 Å². The first-order chi connectivity index (χ1) is 19.4. The van der Waals surface area contributed by atoms with Gasteiger partial charge in [-0.3, -0.25) is 14.7 Å². The number of unbranched alkanes of at least 4 members (excludes halogenated alkanes) is 1. The number of hydrogen-bond donors (Lipinski definition) is 2. The number of amidine groups is 1. The number of nitrogens with zero attached hydrogens (tertiary/aromatic N) is 2. The molecule has 0 unspecified atom stereocenters. The maximum absolute atomic E-state index is 13.6. The first kappa shape index (κ1) is 31.8. The first-order valence-corrected chi connectivity index (χ1v) is 14.0. The lowest BCUT2D eigenvalue weighted by Crippen LogP contribution is -2.41. The predicted octanol–water partition coefficient (Wildman–Crippen LogP) is 7.35. The molecule has 2 aromatic rings. The van der Waals surface area contributed by atoms with Crippen molar-refractivity contribution >= 4 is 23.7 Å². The fourth-order valence-electron chi connectivity index (χ4n) is 5.47. The fraction of sp³-hybridized carbons (Fsp3) is 0.484. The van der Waals surface area contributed by atoms with E-state index in [9.17, 15) is 27.9 Å². The molecule has 2 N–H and O–H groups in total. The highest BCUT2D eigenvalue weighted by molar-refractivity contribution is 6.08. The van der Waals surface area contributed by atoms with Crippen molar-refractivity contribution in [3.8, 4) is 11.1 Å². The van der Waals surface area contributed by atoms with E-state index in [0.717, 1.165) is 42.6 Å². The lowest BCUT2D eigenvalue weighted by atomic mass is 9.80. The van der Waals surface area contributed by atoms with Gasteiger partial charge in [0.15, 0.2) is 0 Å². The fourth-order valence-corrected chi connectivity index (χ4v) is 5.47. The van der Waals surface area contributed by atoms with E-state index in [-0.39, 0.29) is 11.5 Å². The monoisotopic (exact) mass is 574 g/mol. The van der Waals surface area contributed by atoms with Crippen molar-refractivity contribution in [1.82, 2.24) is 4.90 Å². The standard InChI is InChI=1S/C29H36N2O3.C2HF3O2/c1-3-4-14-26-30-29(2,19-21-10-6-5-7-11-21)28(34)31(26)20-22-15-17-23(18-16-22)24-12-8-9-13-25(24)27(32)33;3-2(4,5)1(6)7/h8-9,12-13,15-18,21H,3-7,10-11,14,19-20H2,1-2H3,(H,32,33);(H,6,7)/t29-;/m1./s1. The van der Waals surface area contributed by atoms with E-state index in [1.807, 2.05) is 48.2 Å². The summed E-state index contributed by atoms with van der Waals surface area (Å²) in [4.78, 5) is 41.1. The molecule has 7 nitrogen and oxygen atoms in total. The quantitative estimate of drug-likeness (QED) is 0.326. The van der Waals surface area contributed by atoms with Gasteiger partial charge in [-0.25, -0.2) is 9.59 Å². The molecule has 0 bridgehead atoms. The van der Waals surface area contributed by atoms with Gasteiger partial charge < -0.3 is 10.2 Å². The normalized spacial score (nSPS) is 19.4. The molecule has 2 aromatic carbocycles. The van der Waals surface area contributed by atoms with Crippen LogP contribution in [0.4, 0.5) is 13.2 Å². The van der Waals surface area contributed by atoms with Crippen molar-refractivity contribution in [1.29, 1.82) is 0 Å². The zero-order valence-electron chi connectivity index (χ0n) is 23.4. The van der Waals surface area contributed by atoms with Gasteiger partial charge in [-0.15, -0.1) is 0 Å². The van der Waals surface area contributed by atoms with E-state index in [1.54, 1.807) is 12.1 Å². The van der Waals surface area contributed by atoms with Gasteiger partial charge in [0.25, 0.3) is 5.91 Å². The van der Waals surface area contributed by atoms with E-state index in [4.69, 9.17) is 14.9 Å². The molecule has 222 valence electrons. The van der Waals surface area contributed by atoms with Crippen LogP contribution in [0.25, 0.3) is 11.1 Å². The van der Waals surface area contributed by atoms with Crippen LogP contribution in [-0.2, 0) is 16.1 Å². The van der Waals surface area contributed by atoms with Gasteiger partial charge in [-0.2, -0.15) is 13.2 Å². The number of alkyl halides is 3. The Labute approximate surface area is 238 Å². The topological polar surface area (TPSA) is 107 Å². The van der Waals surface area contributed by atoms with Gasteiger partial charge in [-0.1, -0.05) is 87.9 Å². The molecule has 0 radical (unpaired) electrons. The molecule has 10 heteroatoms. The Morgan fingerprint density at radius 2 is 1.63 bits per heavy atom. The molecule has 2 aliphatic rings. The number of aliphatic imine (C=N–C) groups is 1. The number of rotatable bonds is 9. The van der Waals surface area contributed by atoms with Crippen LogP contribution in [0.2, 0.25) is 0 Å². The number of benzene rings is 2. The van der Waals surface area contributed by atoms with Crippen LogP contribution < -0.4 is 0 Å². The average Bonchev–Trinajstić information content (AvgIpc) is 3.16. The number of carbonyl (C=O) groups excluding carboxylic acids is 1. The zero-order chi connectivity index (χ0) is 30.2. The summed E-state index contributed by atoms with van der Waals surface area (Å²) in [5.74, 6) is -2.05. The largest absolute Gasteiger partial charge is 0.490 e. The molecule has 0 spiro atoms. The van der Waals surface area contributed by atoms with Crippen molar-refractivity contribution in [2.45, 2.75) is 89.9 Å². The van der Waals surface area contributed by atoms with E-state index >= 15 is 0 Å². The van der Waals surface area contributed by atoms with Crippen molar-refractivity contribution in [2.24, 2.45) is 10.9 Å². The zero-order valence-corrected chi connectivity index (χ0v) is 23.4. The highest BCUT2D eigenvalue weighted by Gasteiger charge is 2.45. The molecule has 0 aromatic heterocycles. The van der Waals surface area contributed by atoms with Crippen molar-refractivity contribution in [3.63, 3.8) is 0 Å². The Morgan fingerprint density at radius 1 is 1.02 bits per heavy atom. The third kappa shape index (κ3) is 8.41. The second-order valence-electron chi connectivity index (χ2n) is 10.9. The Bertz CT molecular complexity index is 1250. The summed E-state index contributed by atoms with van der Waals surface area (Å²) in [5, 5.41) is 16.6. The number of hydrogen-bond acceptors (Lipinski definition) is 4. The maximum Gasteiger partial charge on any atom is 0.490 e. The van der Waals surface area contributed by atoms with E-state index < -0.39 is 23.7 Å². The molecule has 41 heavy (non-hydrogen) atoms. The Morgan fingerprint density at radius 3 is 2.20 bits per heavy atom. The predicted molar refractivity (Wildman–Crippen MR) is 150 cm³/mol. The first-order valence-electron chi connectivity index (χ1n) is 14.0. The van der Waals surface area contributed by atoms with Gasteiger partial charge >= 0.3 is 18.1 Å². The van der Waals surface area contributed by atoms with Crippen LogP contribution in [0.3, 0.4) is 0 Å². The number of carboxylic acids is 2. The molecule has 1 aliphatic heterocycles. The van der Waals surface area contributed by atoms with Crippen LogP contribution in [0.1, 0.15) is 87.6 Å². The molecule has 1 aliphatic carbocycles. The molecule has 0 saturated heterocycles. The van der Waals surface area contributed by atoms with Gasteiger partial charge in [0.05, 0.1) is 12.1 Å². The molecule has 1 saturated carbocycles. The van der Waals surface area contributed by atoms with Crippen molar-refractivity contribution in [3.05, 3.63) is 59.7 Å². The lowest BCUT2D eigenvalue weighted by Gasteiger charge is -2.29. The number of aliphatic carboxylic acids is 1. The van der Waals surface area contributed by atoms with Gasteiger partial charge in [-0.05, 0) is 48.4 Å². The minimum absolute atomic E-state index is 0.129. The second kappa shape index (κ2) is 13.8. The summed E-state index contributed by atoms with van der Waals surface area (Å²) in [5.41, 5.74) is 2.22. The summed E-state index contributed by atoms with van der Waals surface area (Å²) in [7, 11) is 0. The van der Waals surface area contributed by atoms with Crippen molar-refractivity contribution in [2.75, 3.05) is 0 Å². The minimum atomic E-state index is -5.08. The number of carboxylic acid groups (broad SMARTS) is 2. The molecule has 1 heterocycles. The van der Waals surface area contributed by atoms with Gasteiger partial charge in [0.2, 0.25) is 0 Å². The SMILES string of the molecule is CCCCC1=N[C@](C)(CC2CCCCC2)C(=O)N1Cc1ccc(-c2ccccc2C(=O)O)cc1.O=C(O)C(F)(F)F. The Kier molecular flexibility index (Phi) is 10.7. The third-order valence-corrected chi connectivity index (χ3v) is 7.56. The van der Waals surface area contributed by atoms with Crippen LogP contribution >= 0.6 is 0 Å². The van der Waals surface area contributed by atoms with Gasteiger partial charge in [0.1, 0.15) is 11.4 Å². The minimum Gasteiger partial charge on any atom is -0.478 e. The molecular weight excluding hydrogens is 537 g/mol. The molecule has 1 fully saturated rings. The van der Waals surface area contributed by atoms with Gasteiger partial charge in [0, 0.05) is 6.42 Å². The van der Waals surface area contributed by atoms with E-state index in [2.05, 4.69) is 6.92 Å². The highest BCUT2D eigenvalue weighted by Crippen LogP contribution is 2.37. The number of carbonyl (C=O) groups is 3. The van der Waals surface area contributed by atoms with Crippen LogP contribution in [0, 0.1) is 5.92 Å². The maximum atomic E-state index is 13.6. The van der Waals surface area contributed by atoms with E-state index in [1.165, 1.54) is 32.1 Å². The molecular formula is C31H37F3N2O5. The summed E-state index contributed by atoms with van der Waals surface area (Å²) >= 11 is 0. The third-order valence-electron chi connectivity index (χ3n) is 7.56. The highest BCUT2D eigenvalue weighted by atomic mass is 19.4. The second-order valence-corrected chi connectivity index (χ2v) is 10.9. The summed E-state index contributed by atoms with van der Waals surface area (Å²) in [6.07, 6.45) is 4.94. The average molecular weight is 575 g/mol. The molecule has 1 atom stereocenters. The summed E-state index contributed by atoms with van der Waals surface area (Å²) in [6, 6.07) is 14.9. The van der Waals surface area contributed by atoms with Crippen molar-refractivity contribution < 1.29 is 37.8 Å².